The number of ether oxygens (including phenoxy) is 3. The predicted octanol–water partition coefficient (Wildman–Crippen LogP) is 3.53. The van der Waals surface area contributed by atoms with Crippen molar-refractivity contribution in [1.82, 2.24) is 10.5 Å². The van der Waals surface area contributed by atoms with Gasteiger partial charge in [-0.1, -0.05) is 22.9 Å². The predicted molar refractivity (Wildman–Crippen MR) is 107 cm³/mol. The molecule has 0 bridgehead atoms. The van der Waals surface area contributed by atoms with Crippen LogP contribution in [0, 0.1) is 6.92 Å². The molecule has 4 rings (SSSR count). The molecule has 2 aromatic carbocycles. The molecule has 29 heavy (non-hydrogen) atoms. The van der Waals surface area contributed by atoms with Crippen LogP contribution >= 0.6 is 0 Å². The second-order valence-corrected chi connectivity index (χ2v) is 6.82. The first-order chi connectivity index (χ1) is 14.1. The number of methoxy groups -OCH3 is 2. The summed E-state index contributed by atoms with van der Waals surface area (Å²) in [4.78, 5) is 12.6. The lowest BCUT2D eigenvalue weighted by molar-refractivity contribution is 0.0943. The summed E-state index contributed by atoms with van der Waals surface area (Å²) in [5, 5.41) is 6.89. The van der Waals surface area contributed by atoms with Crippen molar-refractivity contribution < 1.29 is 23.5 Å². The van der Waals surface area contributed by atoms with Crippen LogP contribution in [0.4, 0.5) is 0 Å². The van der Waals surface area contributed by atoms with E-state index in [2.05, 4.69) is 10.5 Å². The first-order valence-corrected chi connectivity index (χ1v) is 9.32. The Bertz CT molecular complexity index is 1060. The molecule has 0 aliphatic carbocycles. The van der Waals surface area contributed by atoms with Gasteiger partial charge >= 0.3 is 0 Å². The summed E-state index contributed by atoms with van der Waals surface area (Å²) in [5.41, 5.74) is 3.87. The fourth-order valence-corrected chi connectivity index (χ4v) is 3.37. The highest BCUT2D eigenvalue weighted by Crippen LogP contribution is 2.39. The zero-order valence-electron chi connectivity index (χ0n) is 16.6. The number of hydrogen-bond acceptors (Lipinski definition) is 6. The highest BCUT2D eigenvalue weighted by Gasteiger charge is 2.28. The van der Waals surface area contributed by atoms with E-state index < -0.39 is 0 Å². The molecule has 7 nitrogen and oxygen atoms in total. The molecule has 7 heteroatoms. The maximum Gasteiger partial charge on any atom is 0.273 e. The number of nitrogens with one attached hydrogen (secondary N) is 1. The number of amides is 1. The average molecular weight is 394 g/mol. The van der Waals surface area contributed by atoms with Gasteiger partial charge in [-0.25, -0.2) is 0 Å². The number of hydrogen-bond donors (Lipinski definition) is 1. The lowest BCUT2D eigenvalue weighted by Crippen LogP contribution is -2.27. The molecule has 0 saturated heterocycles. The fourth-order valence-electron chi connectivity index (χ4n) is 3.37. The summed E-state index contributed by atoms with van der Waals surface area (Å²) >= 11 is 0. The molecular weight excluding hydrogens is 372 g/mol. The second kappa shape index (κ2) is 7.87. The molecule has 0 radical (unpaired) electrons. The number of rotatable bonds is 6. The van der Waals surface area contributed by atoms with Crippen molar-refractivity contribution in [2.45, 2.75) is 20.0 Å². The summed E-state index contributed by atoms with van der Waals surface area (Å²) < 4.78 is 21.8. The quantitative estimate of drug-likeness (QED) is 0.689. The van der Waals surface area contributed by atoms with Gasteiger partial charge in [0.1, 0.15) is 12.4 Å². The molecule has 1 amide bonds. The molecule has 1 aliphatic heterocycles. The molecule has 0 spiro atoms. The minimum atomic E-state index is -0.282. The highest BCUT2D eigenvalue weighted by atomic mass is 16.5. The third kappa shape index (κ3) is 3.63. The average Bonchev–Trinajstić information content (AvgIpc) is 3.18. The summed E-state index contributed by atoms with van der Waals surface area (Å²) in [7, 11) is 3.19. The number of aryl methyl sites for hydroxylation is 1. The Labute approximate surface area is 168 Å². The van der Waals surface area contributed by atoms with E-state index in [1.165, 1.54) is 0 Å². The first-order valence-electron chi connectivity index (χ1n) is 9.32. The SMILES string of the molecule is COc1ccc(CCNC(=O)c2noc3c2COc2ccc(C)cc2-3)cc1OC. The molecule has 0 fully saturated rings. The summed E-state index contributed by atoms with van der Waals surface area (Å²) in [6.45, 7) is 2.70. The molecule has 0 atom stereocenters. The van der Waals surface area contributed by atoms with Gasteiger partial charge in [-0.2, -0.15) is 0 Å². The molecule has 3 aromatic rings. The van der Waals surface area contributed by atoms with E-state index in [0.717, 1.165) is 22.4 Å². The zero-order valence-corrected chi connectivity index (χ0v) is 16.6. The molecule has 1 N–H and O–H groups in total. The van der Waals surface area contributed by atoms with E-state index in [0.29, 0.717) is 35.8 Å². The number of benzene rings is 2. The van der Waals surface area contributed by atoms with Gasteiger partial charge in [-0.15, -0.1) is 0 Å². The third-order valence-electron chi connectivity index (χ3n) is 4.90. The van der Waals surface area contributed by atoms with E-state index in [1.807, 2.05) is 43.3 Å². The van der Waals surface area contributed by atoms with Crippen LogP contribution in [0.25, 0.3) is 11.3 Å². The molecule has 1 aliphatic rings. The minimum absolute atomic E-state index is 0.257. The zero-order chi connectivity index (χ0) is 20.4. The Kier molecular flexibility index (Phi) is 5.12. The van der Waals surface area contributed by atoms with E-state index in [1.54, 1.807) is 14.2 Å². The van der Waals surface area contributed by atoms with Crippen LogP contribution in [0.2, 0.25) is 0 Å². The van der Waals surface area contributed by atoms with E-state index >= 15 is 0 Å². The van der Waals surface area contributed by atoms with Crippen LogP contribution in [-0.2, 0) is 13.0 Å². The van der Waals surface area contributed by atoms with Crippen LogP contribution in [0.5, 0.6) is 17.2 Å². The molecule has 2 heterocycles. The largest absolute Gasteiger partial charge is 0.493 e. The highest BCUT2D eigenvalue weighted by molar-refractivity contribution is 5.95. The molecular formula is C22H22N2O5. The topological polar surface area (TPSA) is 82.8 Å². The Morgan fingerprint density at radius 1 is 1.14 bits per heavy atom. The van der Waals surface area contributed by atoms with Gasteiger partial charge in [0.15, 0.2) is 23.0 Å². The van der Waals surface area contributed by atoms with Crippen molar-refractivity contribution in [3.05, 3.63) is 58.8 Å². The molecule has 0 saturated carbocycles. The van der Waals surface area contributed by atoms with Gasteiger partial charge < -0.3 is 24.1 Å². The van der Waals surface area contributed by atoms with Gasteiger partial charge in [0.25, 0.3) is 5.91 Å². The monoisotopic (exact) mass is 394 g/mol. The van der Waals surface area contributed by atoms with E-state index in [9.17, 15) is 4.79 Å². The lowest BCUT2D eigenvalue weighted by Gasteiger charge is -2.16. The van der Waals surface area contributed by atoms with Crippen LogP contribution in [-0.4, -0.2) is 31.8 Å². The minimum Gasteiger partial charge on any atom is -0.493 e. The maximum atomic E-state index is 12.6. The number of fused-ring (bicyclic) bond motifs is 3. The number of carbonyl (C=O) groups is 1. The molecule has 0 unspecified atom stereocenters. The van der Waals surface area contributed by atoms with Crippen LogP contribution in [0.1, 0.15) is 27.2 Å². The van der Waals surface area contributed by atoms with Crippen LogP contribution in [0.15, 0.2) is 40.9 Å². The fraction of sp³-hybridized carbons (Fsp3) is 0.273. The Hall–Kier alpha value is -3.48. The summed E-state index contributed by atoms with van der Waals surface area (Å²) in [6, 6.07) is 11.5. The van der Waals surface area contributed by atoms with Crippen LogP contribution in [0.3, 0.4) is 0 Å². The van der Waals surface area contributed by atoms with Gasteiger partial charge in [-0.3, -0.25) is 4.79 Å². The Morgan fingerprint density at radius 2 is 1.97 bits per heavy atom. The van der Waals surface area contributed by atoms with Crippen molar-refractivity contribution in [3.8, 4) is 28.6 Å². The Morgan fingerprint density at radius 3 is 2.76 bits per heavy atom. The third-order valence-corrected chi connectivity index (χ3v) is 4.90. The molecule has 150 valence electrons. The standard InChI is InChI=1S/C22H22N2O5/c1-13-4-6-17-15(10-13)21-16(12-28-17)20(24-29-21)22(25)23-9-8-14-5-7-18(26-2)19(11-14)27-3/h4-7,10-11H,8-9,12H2,1-3H3,(H,23,25). The molecule has 1 aromatic heterocycles. The van der Waals surface area contributed by atoms with Gasteiger partial charge in [0.2, 0.25) is 0 Å². The van der Waals surface area contributed by atoms with Crippen molar-refractivity contribution in [2.75, 3.05) is 20.8 Å². The van der Waals surface area contributed by atoms with Crippen molar-refractivity contribution in [1.29, 1.82) is 0 Å². The van der Waals surface area contributed by atoms with Crippen molar-refractivity contribution in [2.24, 2.45) is 0 Å². The van der Waals surface area contributed by atoms with E-state index in [-0.39, 0.29) is 18.2 Å². The van der Waals surface area contributed by atoms with Gasteiger partial charge in [0.05, 0.1) is 25.3 Å². The lowest BCUT2D eigenvalue weighted by atomic mass is 10.0. The van der Waals surface area contributed by atoms with Crippen molar-refractivity contribution in [3.63, 3.8) is 0 Å². The van der Waals surface area contributed by atoms with Crippen LogP contribution < -0.4 is 19.5 Å². The Balaban J connectivity index is 1.44. The van der Waals surface area contributed by atoms with Gasteiger partial charge in [-0.05, 0) is 43.2 Å². The summed E-state index contributed by atoms with van der Waals surface area (Å²) in [6.07, 6.45) is 0.644. The number of aromatic nitrogens is 1. The normalized spacial score (nSPS) is 11.8. The van der Waals surface area contributed by atoms with Crippen molar-refractivity contribution >= 4 is 5.91 Å². The number of nitrogens with zero attached hydrogens (tertiary/aromatic N) is 1. The summed E-state index contributed by atoms with van der Waals surface area (Å²) in [5.74, 6) is 2.38. The second-order valence-electron chi connectivity index (χ2n) is 6.82. The van der Waals surface area contributed by atoms with Gasteiger partial charge in [0, 0.05) is 6.54 Å². The smallest absolute Gasteiger partial charge is 0.273 e. The maximum absolute atomic E-state index is 12.6. The van der Waals surface area contributed by atoms with E-state index in [4.69, 9.17) is 18.7 Å². The number of carbonyl (C=O) groups excluding carboxylic acids is 1. The first kappa shape index (κ1) is 18.9.